The smallest absolute Gasteiger partial charge is 0.341 e. The van der Waals surface area contributed by atoms with Crippen molar-refractivity contribution in [3.05, 3.63) is 62.8 Å². The van der Waals surface area contributed by atoms with Crippen molar-refractivity contribution in [2.24, 2.45) is 0 Å². The van der Waals surface area contributed by atoms with Crippen LogP contribution in [0, 0.1) is 18.3 Å². The third kappa shape index (κ3) is 3.69. The quantitative estimate of drug-likeness (QED) is 0.455. The summed E-state index contributed by atoms with van der Waals surface area (Å²) < 4.78 is 10.2. The van der Waals surface area contributed by atoms with Crippen LogP contribution in [0.4, 0.5) is 0 Å². The molecule has 2 heterocycles. The molecule has 130 valence electrons. The van der Waals surface area contributed by atoms with Crippen LogP contribution in [0.25, 0.3) is 22.9 Å². The summed E-state index contributed by atoms with van der Waals surface area (Å²) in [5.74, 6) is 0.341. The van der Waals surface area contributed by atoms with Crippen LogP contribution in [0.15, 0.2) is 40.1 Å². The minimum Gasteiger partial charge on any atom is -0.465 e. The van der Waals surface area contributed by atoms with Gasteiger partial charge in [-0.15, -0.1) is 11.3 Å². The third-order valence-electron chi connectivity index (χ3n) is 3.62. The zero-order chi connectivity index (χ0) is 18.7. The highest BCUT2D eigenvalue weighted by Gasteiger charge is 2.16. The summed E-state index contributed by atoms with van der Waals surface area (Å²) in [4.78, 5) is 16.2. The number of methoxy groups -OCH3 is 1. The van der Waals surface area contributed by atoms with Crippen molar-refractivity contribution < 1.29 is 13.9 Å². The van der Waals surface area contributed by atoms with Crippen LogP contribution in [0.3, 0.4) is 0 Å². The number of aromatic nitrogens is 1. The predicted molar refractivity (Wildman–Crippen MR) is 101 cm³/mol. The minimum absolute atomic E-state index is 0.331. The molecule has 0 saturated carbocycles. The van der Waals surface area contributed by atoms with Gasteiger partial charge in [0.1, 0.15) is 28.2 Å². The van der Waals surface area contributed by atoms with Crippen molar-refractivity contribution in [2.45, 2.75) is 6.92 Å². The summed E-state index contributed by atoms with van der Waals surface area (Å²) in [6, 6.07) is 11.0. The Hall–Kier alpha value is -2.88. The summed E-state index contributed by atoms with van der Waals surface area (Å²) in [7, 11) is 1.30. The fourth-order valence-electron chi connectivity index (χ4n) is 2.32. The van der Waals surface area contributed by atoms with Gasteiger partial charge in [-0.25, -0.2) is 9.78 Å². The van der Waals surface area contributed by atoms with E-state index in [1.54, 1.807) is 31.2 Å². The van der Waals surface area contributed by atoms with Crippen LogP contribution in [0.5, 0.6) is 0 Å². The van der Waals surface area contributed by atoms with Gasteiger partial charge < -0.3 is 9.15 Å². The van der Waals surface area contributed by atoms with E-state index < -0.39 is 5.97 Å². The number of nitriles is 1. The molecule has 0 N–H and O–H groups in total. The highest BCUT2D eigenvalue weighted by atomic mass is 35.5. The van der Waals surface area contributed by atoms with E-state index in [-0.39, 0.29) is 0 Å². The van der Waals surface area contributed by atoms with Gasteiger partial charge in [0.25, 0.3) is 0 Å². The Labute approximate surface area is 159 Å². The molecule has 3 aromatic rings. The summed E-state index contributed by atoms with van der Waals surface area (Å²) in [6.45, 7) is 1.66. The minimum atomic E-state index is -0.483. The maximum absolute atomic E-state index is 11.7. The van der Waals surface area contributed by atoms with Gasteiger partial charge in [-0.05, 0) is 25.1 Å². The topological polar surface area (TPSA) is 76.1 Å². The van der Waals surface area contributed by atoms with Gasteiger partial charge in [-0.3, -0.25) is 0 Å². The number of hydrogen-bond acceptors (Lipinski definition) is 6. The number of allylic oxidation sites excluding steroid dienone is 1. The van der Waals surface area contributed by atoms with Gasteiger partial charge in [0.15, 0.2) is 0 Å². The van der Waals surface area contributed by atoms with Gasteiger partial charge in [0.2, 0.25) is 0 Å². The monoisotopic (exact) mass is 384 g/mol. The molecule has 0 unspecified atom stereocenters. The molecule has 2 aromatic heterocycles. The number of nitrogens with zero attached hydrogens (tertiary/aromatic N) is 2. The number of halogens is 1. The molecule has 0 aliphatic carbocycles. The molecule has 5 nitrogen and oxygen atoms in total. The zero-order valence-corrected chi connectivity index (χ0v) is 15.5. The Balaban J connectivity index is 1.92. The van der Waals surface area contributed by atoms with E-state index in [9.17, 15) is 10.1 Å². The summed E-state index contributed by atoms with van der Waals surface area (Å²) in [5.41, 5.74) is 2.35. The van der Waals surface area contributed by atoms with Crippen LogP contribution < -0.4 is 0 Å². The number of furan rings is 1. The van der Waals surface area contributed by atoms with Crippen molar-refractivity contribution in [2.75, 3.05) is 7.11 Å². The molecule has 0 aliphatic rings. The average Bonchev–Trinajstić information content (AvgIpc) is 3.26. The number of esters is 1. The van der Waals surface area contributed by atoms with E-state index in [2.05, 4.69) is 11.1 Å². The molecule has 7 heteroatoms. The molecule has 26 heavy (non-hydrogen) atoms. The molecule has 1 aromatic carbocycles. The average molecular weight is 385 g/mol. The number of hydrogen-bond donors (Lipinski definition) is 0. The highest BCUT2D eigenvalue weighted by Crippen LogP contribution is 2.28. The van der Waals surface area contributed by atoms with Crippen molar-refractivity contribution in [1.82, 2.24) is 4.98 Å². The molecule has 0 saturated heterocycles. The molecular weight excluding hydrogens is 372 g/mol. The van der Waals surface area contributed by atoms with Crippen LogP contribution in [0.1, 0.15) is 26.9 Å². The SMILES string of the molecule is COC(=O)c1cc(/C=C(\C#N)c2nc(-c3ccc(Cl)cc3)cs2)oc1C. The second kappa shape index (κ2) is 7.56. The van der Waals surface area contributed by atoms with Gasteiger partial charge >= 0.3 is 5.97 Å². The van der Waals surface area contributed by atoms with Crippen molar-refractivity contribution in [1.29, 1.82) is 5.26 Å². The molecule has 0 aliphatic heterocycles. The first kappa shape index (κ1) is 17.9. The fourth-order valence-corrected chi connectivity index (χ4v) is 3.24. The number of benzene rings is 1. The summed E-state index contributed by atoms with van der Waals surface area (Å²) in [5, 5.41) is 12.6. The van der Waals surface area contributed by atoms with Gasteiger partial charge in [0, 0.05) is 22.0 Å². The van der Waals surface area contributed by atoms with E-state index in [1.807, 2.05) is 17.5 Å². The standard InChI is InChI=1S/C19H13ClN2O3S/c1-11-16(19(23)24-2)8-15(25-11)7-13(9-21)18-22-17(10-26-18)12-3-5-14(20)6-4-12/h3-8,10H,1-2H3/b13-7+. The molecule has 0 spiro atoms. The molecule has 0 radical (unpaired) electrons. The number of aryl methyl sites for hydroxylation is 1. The number of rotatable bonds is 4. The van der Waals surface area contributed by atoms with Crippen LogP contribution in [0.2, 0.25) is 5.02 Å². The first-order valence-corrected chi connectivity index (χ1v) is 8.80. The lowest BCUT2D eigenvalue weighted by molar-refractivity contribution is 0.0599. The van der Waals surface area contributed by atoms with Crippen LogP contribution in [-0.4, -0.2) is 18.1 Å². The van der Waals surface area contributed by atoms with E-state index in [1.165, 1.54) is 18.4 Å². The number of thiazole rings is 1. The number of ether oxygens (including phenoxy) is 1. The highest BCUT2D eigenvalue weighted by molar-refractivity contribution is 7.11. The Kier molecular flexibility index (Phi) is 5.21. The fraction of sp³-hybridized carbons (Fsp3) is 0.105. The first-order chi connectivity index (χ1) is 12.5. The first-order valence-electron chi connectivity index (χ1n) is 7.54. The van der Waals surface area contributed by atoms with E-state index >= 15 is 0 Å². The van der Waals surface area contributed by atoms with Crippen LogP contribution in [-0.2, 0) is 4.74 Å². The van der Waals surface area contributed by atoms with Gasteiger partial charge in [-0.2, -0.15) is 5.26 Å². The van der Waals surface area contributed by atoms with Crippen molar-refractivity contribution in [3.8, 4) is 17.3 Å². The Bertz CT molecular complexity index is 1030. The van der Waals surface area contributed by atoms with E-state index in [0.717, 1.165) is 11.3 Å². The molecule has 0 amide bonds. The zero-order valence-electron chi connectivity index (χ0n) is 13.9. The lowest BCUT2D eigenvalue weighted by atomic mass is 10.2. The van der Waals surface area contributed by atoms with E-state index in [0.29, 0.717) is 32.7 Å². The maximum Gasteiger partial charge on any atom is 0.341 e. The summed E-state index contributed by atoms with van der Waals surface area (Å²) >= 11 is 7.26. The van der Waals surface area contributed by atoms with Crippen molar-refractivity contribution >= 4 is 40.6 Å². The lowest BCUT2D eigenvalue weighted by Crippen LogP contribution is -2.00. The molecule has 3 rings (SSSR count). The number of carbonyl (C=O) groups excluding carboxylic acids is 1. The second-order valence-corrected chi connectivity index (χ2v) is 6.62. The lowest BCUT2D eigenvalue weighted by Gasteiger charge is -1.96. The molecule has 0 fully saturated rings. The maximum atomic E-state index is 11.7. The van der Waals surface area contributed by atoms with Gasteiger partial charge in [-0.1, -0.05) is 23.7 Å². The Morgan fingerprint density at radius 3 is 2.77 bits per heavy atom. The second-order valence-electron chi connectivity index (χ2n) is 5.32. The normalized spacial score (nSPS) is 11.2. The Morgan fingerprint density at radius 2 is 2.12 bits per heavy atom. The predicted octanol–water partition coefficient (Wildman–Crippen LogP) is 5.22. The molecular formula is C19H13ClN2O3S. The summed E-state index contributed by atoms with van der Waals surface area (Å²) in [6.07, 6.45) is 1.56. The largest absolute Gasteiger partial charge is 0.465 e. The Morgan fingerprint density at radius 1 is 1.38 bits per heavy atom. The third-order valence-corrected chi connectivity index (χ3v) is 4.75. The number of carbonyl (C=O) groups is 1. The van der Waals surface area contributed by atoms with Crippen molar-refractivity contribution in [3.63, 3.8) is 0 Å². The van der Waals surface area contributed by atoms with E-state index in [4.69, 9.17) is 20.8 Å². The molecule has 0 bridgehead atoms. The van der Waals surface area contributed by atoms with Crippen LogP contribution >= 0.6 is 22.9 Å². The van der Waals surface area contributed by atoms with Gasteiger partial charge in [0.05, 0.1) is 18.4 Å². The molecule has 0 atom stereocenters.